The van der Waals surface area contributed by atoms with Crippen molar-refractivity contribution in [3.05, 3.63) is 24.3 Å². The molecule has 5 nitrogen and oxygen atoms in total. The van der Waals surface area contributed by atoms with Crippen molar-refractivity contribution in [3.63, 3.8) is 0 Å². The standard InChI is InChI=1S/C17H26N2O3.ClH/c1-17(2,3)15(18)16(20)19-12-6-4-7-13(10-12)22-11-14-8-5-9-21-14;/h4,6-7,10,14-15H,5,8-9,11,18H2,1-3H3,(H,19,20);1H/t14?,15-;/m1./s1. The van der Waals surface area contributed by atoms with Gasteiger partial charge in [0, 0.05) is 18.4 Å². The van der Waals surface area contributed by atoms with E-state index in [0.717, 1.165) is 25.2 Å². The van der Waals surface area contributed by atoms with Crippen LogP contribution in [-0.2, 0) is 9.53 Å². The number of benzene rings is 1. The second-order valence-corrected chi connectivity index (χ2v) is 6.81. The molecule has 2 rings (SSSR count). The van der Waals surface area contributed by atoms with Gasteiger partial charge in [-0.1, -0.05) is 26.8 Å². The zero-order chi connectivity index (χ0) is 16.2. The van der Waals surface area contributed by atoms with Crippen molar-refractivity contribution < 1.29 is 14.3 Å². The summed E-state index contributed by atoms with van der Waals surface area (Å²) < 4.78 is 11.3. The first-order valence-corrected chi connectivity index (χ1v) is 7.77. The summed E-state index contributed by atoms with van der Waals surface area (Å²) in [4.78, 5) is 12.1. The van der Waals surface area contributed by atoms with Crippen molar-refractivity contribution >= 4 is 24.0 Å². The number of amides is 1. The Morgan fingerprint density at radius 1 is 1.48 bits per heavy atom. The van der Waals surface area contributed by atoms with E-state index in [2.05, 4.69) is 5.32 Å². The largest absolute Gasteiger partial charge is 0.491 e. The number of nitrogens with two attached hydrogens (primary N) is 1. The van der Waals surface area contributed by atoms with E-state index in [1.807, 2.05) is 45.0 Å². The van der Waals surface area contributed by atoms with Crippen LogP contribution in [0.3, 0.4) is 0 Å². The number of rotatable bonds is 5. The monoisotopic (exact) mass is 342 g/mol. The first kappa shape index (κ1) is 19.7. The van der Waals surface area contributed by atoms with Gasteiger partial charge < -0.3 is 20.5 Å². The first-order chi connectivity index (χ1) is 10.4. The maximum atomic E-state index is 12.1. The number of anilines is 1. The van der Waals surface area contributed by atoms with Gasteiger partial charge >= 0.3 is 0 Å². The summed E-state index contributed by atoms with van der Waals surface area (Å²) in [5.74, 6) is 0.529. The third-order valence-electron chi connectivity index (χ3n) is 3.78. The van der Waals surface area contributed by atoms with E-state index in [0.29, 0.717) is 12.3 Å². The Balaban J connectivity index is 0.00000264. The molecule has 0 aromatic heterocycles. The molecule has 1 aliphatic heterocycles. The Morgan fingerprint density at radius 3 is 2.83 bits per heavy atom. The van der Waals surface area contributed by atoms with Gasteiger partial charge in [-0.05, 0) is 30.4 Å². The summed E-state index contributed by atoms with van der Waals surface area (Å²) in [5.41, 5.74) is 6.37. The maximum absolute atomic E-state index is 12.1. The lowest BCUT2D eigenvalue weighted by Gasteiger charge is -2.25. The second kappa shape index (κ2) is 8.52. The number of halogens is 1. The zero-order valence-electron chi connectivity index (χ0n) is 14.0. The lowest BCUT2D eigenvalue weighted by atomic mass is 9.87. The highest BCUT2D eigenvalue weighted by atomic mass is 35.5. The van der Waals surface area contributed by atoms with Crippen molar-refractivity contribution in [2.24, 2.45) is 11.1 Å². The molecular weight excluding hydrogens is 316 g/mol. The molecule has 1 amide bonds. The SMILES string of the molecule is CC(C)(C)[C@H](N)C(=O)Nc1cccc(OCC2CCCO2)c1.Cl. The van der Waals surface area contributed by atoms with Gasteiger partial charge in [0.1, 0.15) is 12.4 Å². The normalized spacial score (nSPS) is 18.9. The van der Waals surface area contributed by atoms with Crippen LogP contribution < -0.4 is 15.8 Å². The quantitative estimate of drug-likeness (QED) is 0.862. The number of ether oxygens (including phenoxy) is 2. The van der Waals surface area contributed by atoms with Crippen LogP contribution >= 0.6 is 12.4 Å². The highest BCUT2D eigenvalue weighted by Crippen LogP contribution is 2.22. The molecule has 130 valence electrons. The Labute approximate surface area is 144 Å². The highest BCUT2D eigenvalue weighted by Gasteiger charge is 2.27. The summed E-state index contributed by atoms with van der Waals surface area (Å²) in [6.45, 7) is 7.18. The van der Waals surface area contributed by atoms with E-state index in [1.165, 1.54) is 0 Å². The first-order valence-electron chi connectivity index (χ1n) is 7.77. The molecule has 2 atom stereocenters. The Bertz CT molecular complexity index is 511. The topological polar surface area (TPSA) is 73.6 Å². The van der Waals surface area contributed by atoms with Crippen molar-refractivity contribution in [1.82, 2.24) is 0 Å². The summed E-state index contributed by atoms with van der Waals surface area (Å²) >= 11 is 0. The average molecular weight is 343 g/mol. The average Bonchev–Trinajstić information content (AvgIpc) is 2.97. The molecule has 1 heterocycles. The van der Waals surface area contributed by atoms with Gasteiger partial charge in [-0.15, -0.1) is 12.4 Å². The fourth-order valence-electron chi connectivity index (χ4n) is 2.24. The molecule has 6 heteroatoms. The van der Waals surface area contributed by atoms with Crippen LogP contribution in [0.15, 0.2) is 24.3 Å². The van der Waals surface area contributed by atoms with Gasteiger partial charge in [0.2, 0.25) is 5.91 Å². The molecule has 1 aromatic carbocycles. The Hall–Kier alpha value is -1.30. The van der Waals surface area contributed by atoms with E-state index in [-0.39, 0.29) is 29.8 Å². The predicted octanol–water partition coefficient (Wildman–Crippen LogP) is 2.98. The molecule has 3 N–H and O–H groups in total. The van der Waals surface area contributed by atoms with Crippen molar-refractivity contribution in [2.75, 3.05) is 18.5 Å². The molecule has 1 unspecified atom stereocenters. The minimum atomic E-state index is -0.566. The number of hydrogen-bond donors (Lipinski definition) is 2. The molecule has 1 aliphatic rings. The molecular formula is C17H27ClN2O3. The van der Waals surface area contributed by atoms with Crippen LogP contribution in [0.4, 0.5) is 5.69 Å². The Morgan fingerprint density at radius 2 is 2.22 bits per heavy atom. The van der Waals surface area contributed by atoms with Gasteiger partial charge in [0.25, 0.3) is 0 Å². The molecule has 1 saturated heterocycles. The molecule has 0 radical (unpaired) electrons. The van der Waals surface area contributed by atoms with Crippen LogP contribution in [0.25, 0.3) is 0 Å². The molecule has 1 fully saturated rings. The van der Waals surface area contributed by atoms with E-state index in [4.69, 9.17) is 15.2 Å². The van der Waals surface area contributed by atoms with Crippen molar-refractivity contribution in [1.29, 1.82) is 0 Å². The predicted molar refractivity (Wildman–Crippen MR) is 94.2 cm³/mol. The van der Waals surface area contributed by atoms with Gasteiger partial charge in [-0.25, -0.2) is 0 Å². The van der Waals surface area contributed by atoms with Crippen LogP contribution in [0.1, 0.15) is 33.6 Å². The lowest BCUT2D eigenvalue weighted by Crippen LogP contribution is -2.45. The fraction of sp³-hybridized carbons (Fsp3) is 0.588. The third kappa shape index (κ3) is 6.01. The van der Waals surface area contributed by atoms with Gasteiger partial charge in [0.15, 0.2) is 0 Å². The molecule has 1 aromatic rings. The van der Waals surface area contributed by atoms with Crippen LogP contribution in [0.5, 0.6) is 5.75 Å². The van der Waals surface area contributed by atoms with Crippen LogP contribution in [-0.4, -0.2) is 31.3 Å². The van der Waals surface area contributed by atoms with Crippen molar-refractivity contribution in [2.45, 2.75) is 45.8 Å². The van der Waals surface area contributed by atoms with Gasteiger partial charge in [-0.3, -0.25) is 4.79 Å². The number of nitrogens with one attached hydrogen (secondary N) is 1. The highest BCUT2D eigenvalue weighted by molar-refractivity contribution is 5.95. The van der Waals surface area contributed by atoms with E-state index >= 15 is 0 Å². The minimum Gasteiger partial charge on any atom is -0.491 e. The fourth-order valence-corrected chi connectivity index (χ4v) is 2.24. The molecule has 0 aliphatic carbocycles. The summed E-state index contributed by atoms with van der Waals surface area (Å²) in [7, 11) is 0. The summed E-state index contributed by atoms with van der Waals surface area (Å²) in [5, 5.41) is 2.84. The van der Waals surface area contributed by atoms with Gasteiger partial charge in [0.05, 0.1) is 12.1 Å². The van der Waals surface area contributed by atoms with Crippen molar-refractivity contribution in [3.8, 4) is 5.75 Å². The second-order valence-electron chi connectivity index (χ2n) is 6.81. The van der Waals surface area contributed by atoms with Crippen LogP contribution in [0.2, 0.25) is 0 Å². The molecule has 23 heavy (non-hydrogen) atoms. The summed E-state index contributed by atoms with van der Waals surface area (Å²) in [6, 6.07) is 6.79. The van der Waals surface area contributed by atoms with E-state index in [9.17, 15) is 4.79 Å². The minimum absolute atomic E-state index is 0. The maximum Gasteiger partial charge on any atom is 0.241 e. The third-order valence-corrected chi connectivity index (χ3v) is 3.78. The molecule has 0 spiro atoms. The number of carbonyl (C=O) groups is 1. The zero-order valence-corrected chi connectivity index (χ0v) is 14.8. The number of hydrogen-bond acceptors (Lipinski definition) is 4. The number of carbonyl (C=O) groups excluding carboxylic acids is 1. The lowest BCUT2D eigenvalue weighted by molar-refractivity contribution is -0.119. The van der Waals surface area contributed by atoms with E-state index < -0.39 is 6.04 Å². The molecule has 0 bridgehead atoms. The molecule has 0 saturated carbocycles. The smallest absolute Gasteiger partial charge is 0.241 e. The summed E-state index contributed by atoms with van der Waals surface area (Å²) in [6.07, 6.45) is 2.30. The van der Waals surface area contributed by atoms with Gasteiger partial charge in [-0.2, -0.15) is 0 Å². The van der Waals surface area contributed by atoms with Crippen LogP contribution in [0, 0.1) is 5.41 Å². The van der Waals surface area contributed by atoms with E-state index in [1.54, 1.807) is 0 Å². The Kier molecular flexibility index (Phi) is 7.32.